The minimum Gasteiger partial charge on any atom is -0.296 e. The second-order valence-electron chi connectivity index (χ2n) is 2.14. The van der Waals surface area contributed by atoms with Crippen molar-refractivity contribution >= 4 is 24.7 Å². The molecule has 0 aliphatic heterocycles. The van der Waals surface area contributed by atoms with E-state index in [0.29, 0.717) is 11.8 Å². The van der Waals surface area contributed by atoms with Gasteiger partial charge < -0.3 is 0 Å². The normalized spacial score (nSPS) is 9.42. The van der Waals surface area contributed by atoms with Crippen molar-refractivity contribution < 1.29 is 9.59 Å². The van der Waals surface area contributed by atoms with Gasteiger partial charge in [-0.25, -0.2) is 0 Å². The average molecular weight is 181 g/mol. The molecule has 0 amide bonds. The molecule has 62 valence electrons. The lowest BCUT2D eigenvalue weighted by Gasteiger charge is -1.98. The Bertz CT molecular complexity index is 312. The second kappa shape index (κ2) is 4.01. The number of pyridine rings is 1. The molecule has 0 saturated heterocycles. The molecule has 0 aromatic carbocycles. The van der Waals surface area contributed by atoms with E-state index in [9.17, 15) is 9.59 Å². The van der Waals surface area contributed by atoms with E-state index in [4.69, 9.17) is 0 Å². The topological polar surface area (TPSA) is 47.0 Å². The smallest absolute Gasteiger partial charge is 0.174 e. The monoisotopic (exact) mass is 181 g/mol. The van der Waals surface area contributed by atoms with Gasteiger partial charge in [-0.2, -0.15) is 12.6 Å². The van der Waals surface area contributed by atoms with Gasteiger partial charge in [-0.1, -0.05) is 0 Å². The molecule has 1 aromatic rings. The van der Waals surface area contributed by atoms with Crippen LogP contribution in [0.4, 0.5) is 0 Å². The molecule has 0 fully saturated rings. The molecular weight excluding hydrogens is 174 g/mol. The van der Waals surface area contributed by atoms with E-state index >= 15 is 0 Å². The summed E-state index contributed by atoms with van der Waals surface area (Å²) in [6, 6.07) is 3.18. The molecule has 0 aliphatic carbocycles. The lowest BCUT2D eigenvalue weighted by molar-refractivity contribution is 0.101. The lowest BCUT2D eigenvalue weighted by Crippen LogP contribution is -2.05. The number of thiol groups is 1. The number of aldehydes is 1. The van der Waals surface area contributed by atoms with Gasteiger partial charge in [0, 0.05) is 11.8 Å². The molecule has 0 bridgehead atoms. The van der Waals surface area contributed by atoms with Crippen LogP contribution in [0.5, 0.6) is 0 Å². The summed E-state index contributed by atoms with van der Waals surface area (Å²) >= 11 is 3.82. The van der Waals surface area contributed by atoms with E-state index in [2.05, 4.69) is 17.6 Å². The van der Waals surface area contributed by atoms with Crippen molar-refractivity contribution in [1.29, 1.82) is 0 Å². The van der Waals surface area contributed by atoms with Gasteiger partial charge in [-0.15, -0.1) is 0 Å². The number of nitrogens with zero attached hydrogens (tertiary/aromatic N) is 1. The second-order valence-corrected chi connectivity index (χ2v) is 2.45. The zero-order valence-electron chi connectivity index (χ0n) is 6.23. The van der Waals surface area contributed by atoms with Crippen molar-refractivity contribution in [3.63, 3.8) is 0 Å². The third-order valence-electron chi connectivity index (χ3n) is 1.39. The molecule has 12 heavy (non-hydrogen) atoms. The van der Waals surface area contributed by atoms with Crippen LogP contribution in [0.3, 0.4) is 0 Å². The van der Waals surface area contributed by atoms with Crippen LogP contribution in [0, 0.1) is 0 Å². The van der Waals surface area contributed by atoms with Crippen molar-refractivity contribution in [2.75, 3.05) is 5.75 Å². The van der Waals surface area contributed by atoms with Gasteiger partial charge in [0.15, 0.2) is 12.1 Å². The number of carbonyl (C=O) groups excluding carboxylic acids is 2. The predicted octanol–water partition coefficient (Wildman–Crippen LogP) is 1.01. The summed E-state index contributed by atoms with van der Waals surface area (Å²) < 4.78 is 0. The zero-order chi connectivity index (χ0) is 8.97. The van der Waals surface area contributed by atoms with Gasteiger partial charge in [0.05, 0.1) is 5.75 Å². The fourth-order valence-electron chi connectivity index (χ4n) is 0.832. The van der Waals surface area contributed by atoms with Gasteiger partial charge in [0.1, 0.15) is 5.69 Å². The van der Waals surface area contributed by atoms with Crippen molar-refractivity contribution in [3.05, 3.63) is 29.6 Å². The third-order valence-corrected chi connectivity index (χ3v) is 1.68. The van der Waals surface area contributed by atoms with E-state index < -0.39 is 0 Å². The van der Waals surface area contributed by atoms with Gasteiger partial charge >= 0.3 is 0 Å². The van der Waals surface area contributed by atoms with E-state index in [-0.39, 0.29) is 17.2 Å². The van der Waals surface area contributed by atoms with Crippen LogP contribution in [0.25, 0.3) is 0 Å². The van der Waals surface area contributed by atoms with Crippen LogP contribution in [0.15, 0.2) is 18.3 Å². The minimum atomic E-state index is -0.187. The van der Waals surface area contributed by atoms with E-state index in [0.717, 1.165) is 0 Å². The molecule has 0 radical (unpaired) electrons. The van der Waals surface area contributed by atoms with Crippen LogP contribution >= 0.6 is 12.6 Å². The molecule has 0 unspecified atom stereocenters. The number of hydrogen-bond acceptors (Lipinski definition) is 4. The standard InChI is InChI=1S/C8H7NO2S/c10-4-7-6(8(11)5-12)2-1-3-9-7/h1-4,12H,5H2. The largest absolute Gasteiger partial charge is 0.296 e. The summed E-state index contributed by atoms with van der Waals surface area (Å²) in [7, 11) is 0. The van der Waals surface area contributed by atoms with Crippen LogP contribution in [0.1, 0.15) is 20.8 Å². The summed E-state index contributed by atoms with van der Waals surface area (Å²) in [6.07, 6.45) is 2.04. The molecule has 0 saturated carbocycles. The summed E-state index contributed by atoms with van der Waals surface area (Å²) in [5, 5.41) is 0. The molecule has 4 heteroatoms. The molecule has 0 atom stereocenters. The Morgan fingerprint density at radius 3 is 3.00 bits per heavy atom. The number of aromatic nitrogens is 1. The molecule has 0 aliphatic rings. The Morgan fingerprint density at radius 2 is 2.42 bits per heavy atom. The molecule has 0 N–H and O–H groups in total. The lowest BCUT2D eigenvalue weighted by atomic mass is 10.1. The summed E-state index contributed by atoms with van der Waals surface area (Å²) in [6.45, 7) is 0. The van der Waals surface area contributed by atoms with Crippen molar-refractivity contribution in [2.45, 2.75) is 0 Å². The third kappa shape index (κ3) is 1.71. The van der Waals surface area contributed by atoms with Gasteiger partial charge in [0.25, 0.3) is 0 Å². The van der Waals surface area contributed by atoms with Crippen molar-refractivity contribution in [2.24, 2.45) is 0 Å². The summed E-state index contributed by atoms with van der Waals surface area (Å²) in [5.41, 5.74) is 0.513. The minimum absolute atomic E-state index is 0.0898. The highest BCUT2D eigenvalue weighted by atomic mass is 32.1. The van der Waals surface area contributed by atoms with Crippen LogP contribution in [-0.2, 0) is 0 Å². The van der Waals surface area contributed by atoms with E-state index in [1.54, 1.807) is 12.1 Å². The Morgan fingerprint density at radius 1 is 1.67 bits per heavy atom. The Hall–Kier alpha value is -1.16. The van der Waals surface area contributed by atoms with Crippen LogP contribution in [-0.4, -0.2) is 22.8 Å². The highest BCUT2D eigenvalue weighted by molar-refractivity contribution is 7.81. The molecule has 3 nitrogen and oxygen atoms in total. The maximum atomic E-state index is 11.1. The van der Waals surface area contributed by atoms with Crippen LogP contribution < -0.4 is 0 Å². The number of carbonyl (C=O) groups is 2. The van der Waals surface area contributed by atoms with Gasteiger partial charge in [-0.3, -0.25) is 14.6 Å². The number of rotatable bonds is 3. The van der Waals surface area contributed by atoms with E-state index in [1.807, 2.05) is 0 Å². The van der Waals surface area contributed by atoms with E-state index in [1.165, 1.54) is 6.20 Å². The maximum Gasteiger partial charge on any atom is 0.174 e. The maximum absolute atomic E-state index is 11.1. The molecule has 1 aromatic heterocycles. The first-order valence-electron chi connectivity index (χ1n) is 3.34. The highest BCUT2D eigenvalue weighted by Crippen LogP contribution is 2.04. The number of ketones is 1. The molecule has 1 heterocycles. The first-order valence-corrected chi connectivity index (χ1v) is 3.97. The van der Waals surface area contributed by atoms with Crippen molar-refractivity contribution in [3.8, 4) is 0 Å². The van der Waals surface area contributed by atoms with Gasteiger partial charge in [0.2, 0.25) is 0 Å². The van der Waals surface area contributed by atoms with Crippen molar-refractivity contribution in [1.82, 2.24) is 4.98 Å². The summed E-state index contributed by atoms with van der Waals surface area (Å²) in [5.74, 6) is -0.0967. The highest BCUT2D eigenvalue weighted by Gasteiger charge is 2.08. The molecule has 0 spiro atoms. The molecule has 1 rings (SSSR count). The quantitative estimate of drug-likeness (QED) is 0.430. The van der Waals surface area contributed by atoms with Crippen LogP contribution in [0.2, 0.25) is 0 Å². The molecular formula is C8H7NO2S. The SMILES string of the molecule is O=Cc1ncccc1C(=O)CS. The average Bonchev–Trinajstić information content (AvgIpc) is 2.16. The number of hydrogen-bond donors (Lipinski definition) is 1. The Kier molecular flexibility index (Phi) is 2.99. The first kappa shape index (κ1) is 8.93. The summed E-state index contributed by atoms with van der Waals surface area (Å²) in [4.78, 5) is 25.3. The fraction of sp³-hybridized carbons (Fsp3) is 0.125. The zero-order valence-corrected chi connectivity index (χ0v) is 7.12. The Balaban J connectivity index is 3.13. The Labute approximate surface area is 75.2 Å². The first-order chi connectivity index (χ1) is 5.79. The predicted molar refractivity (Wildman–Crippen MR) is 47.8 cm³/mol. The fourth-order valence-corrected chi connectivity index (χ4v) is 1.00. The van der Waals surface area contributed by atoms with Gasteiger partial charge in [-0.05, 0) is 12.1 Å². The number of Topliss-reactive ketones (excluding diaryl/α,β-unsaturated/α-hetero) is 1.